The van der Waals surface area contributed by atoms with E-state index in [9.17, 15) is 5.11 Å². The molecule has 0 aromatic heterocycles. The van der Waals surface area contributed by atoms with Crippen LogP contribution in [0.2, 0.25) is 5.02 Å². The fourth-order valence-electron chi connectivity index (χ4n) is 2.26. The molecule has 0 fully saturated rings. The Morgan fingerprint density at radius 3 is 2.71 bits per heavy atom. The van der Waals surface area contributed by atoms with Gasteiger partial charge in [0.2, 0.25) is 0 Å². The third-order valence-electron chi connectivity index (χ3n) is 3.25. The quantitative estimate of drug-likeness (QED) is 0.924. The van der Waals surface area contributed by atoms with Crippen molar-refractivity contribution in [1.29, 1.82) is 5.26 Å². The average molecular weight is 302 g/mol. The molecule has 1 unspecified atom stereocenters. The molecule has 1 heterocycles. The number of aliphatic hydroxyl groups is 1. The molecular formula is C16H12ClNO3. The van der Waals surface area contributed by atoms with Crippen LogP contribution in [0.15, 0.2) is 36.4 Å². The molecule has 1 atom stereocenters. The van der Waals surface area contributed by atoms with Crippen LogP contribution in [0, 0.1) is 11.3 Å². The topological polar surface area (TPSA) is 62.5 Å². The van der Waals surface area contributed by atoms with Gasteiger partial charge in [-0.15, -0.1) is 0 Å². The maximum atomic E-state index is 9.70. The van der Waals surface area contributed by atoms with Crippen LogP contribution in [0.4, 0.5) is 0 Å². The molecule has 3 rings (SSSR count). The first-order valence-electron chi connectivity index (χ1n) is 6.47. The molecule has 0 saturated carbocycles. The Kier molecular flexibility index (Phi) is 3.70. The predicted octanol–water partition coefficient (Wildman–Crippen LogP) is 3.30. The van der Waals surface area contributed by atoms with E-state index < -0.39 is 6.10 Å². The SMILES string of the molecule is N#Cc1ccc(Oc2ccc(Cl)cc2)c2c1CC(O)CO2. The van der Waals surface area contributed by atoms with Crippen LogP contribution in [-0.2, 0) is 6.42 Å². The second-order valence-electron chi connectivity index (χ2n) is 4.76. The van der Waals surface area contributed by atoms with E-state index in [-0.39, 0.29) is 6.61 Å². The van der Waals surface area contributed by atoms with Gasteiger partial charge in [-0.25, -0.2) is 0 Å². The Bertz CT molecular complexity index is 707. The summed E-state index contributed by atoms with van der Waals surface area (Å²) >= 11 is 5.84. The van der Waals surface area contributed by atoms with E-state index in [2.05, 4.69) is 6.07 Å². The van der Waals surface area contributed by atoms with E-state index in [4.69, 9.17) is 26.3 Å². The van der Waals surface area contributed by atoms with Crippen molar-refractivity contribution in [2.45, 2.75) is 12.5 Å². The third-order valence-corrected chi connectivity index (χ3v) is 3.50. The zero-order valence-corrected chi connectivity index (χ0v) is 11.8. The minimum absolute atomic E-state index is 0.193. The molecule has 21 heavy (non-hydrogen) atoms. The summed E-state index contributed by atoms with van der Waals surface area (Å²) < 4.78 is 11.3. The van der Waals surface area contributed by atoms with Gasteiger partial charge in [0.15, 0.2) is 11.5 Å². The first-order valence-corrected chi connectivity index (χ1v) is 6.85. The van der Waals surface area contributed by atoms with Gasteiger partial charge in [-0.05, 0) is 36.4 Å². The Labute approximate surface area is 127 Å². The molecule has 1 aliphatic heterocycles. The van der Waals surface area contributed by atoms with Crippen LogP contribution in [0.25, 0.3) is 0 Å². The molecule has 4 nitrogen and oxygen atoms in total. The van der Waals surface area contributed by atoms with E-state index in [1.165, 1.54) is 0 Å². The Hall–Kier alpha value is -2.22. The molecule has 0 spiro atoms. The lowest BCUT2D eigenvalue weighted by Crippen LogP contribution is -2.26. The smallest absolute Gasteiger partial charge is 0.169 e. The van der Waals surface area contributed by atoms with Gasteiger partial charge in [0.05, 0.1) is 17.7 Å². The van der Waals surface area contributed by atoms with Crippen molar-refractivity contribution in [2.75, 3.05) is 6.61 Å². The van der Waals surface area contributed by atoms with Crippen LogP contribution >= 0.6 is 11.6 Å². The number of benzene rings is 2. The molecule has 0 saturated heterocycles. The first kappa shape index (κ1) is 13.7. The molecule has 5 heteroatoms. The molecule has 0 amide bonds. The fraction of sp³-hybridized carbons (Fsp3) is 0.188. The number of nitriles is 1. The van der Waals surface area contributed by atoms with Gasteiger partial charge in [-0.1, -0.05) is 11.6 Å². The summed E-state index contributed by atoms with van der Waals surface area (Å²) in [4.78, 5) is 0. The van der Waals surface area contributed by atoms with Crippen LogP contribution in [0.5, 0.6) is 17.2 Å². The maximum absolute atomic E-state index is 9.70. The van der Waals surface area contributed by atoms with E-state index in [1.54, 1.807) is 36.4 Å². The number of nitrogens with zero attached hydrogens (tertiary/aromatic N) is 1. The van der Waals surface area contributed by atoms with Gasteiger partial charge in [-0.2, -0.15) is 5.26 Å². The lowest BCUT2D eigenvalue weighted by molar-refractivity contribution is 0.0902. The van der Waals surface area contributed by atoms with Crippen molar-refractivity contribution in [2.24, 2.45) is 0 Å². The number of aliphatic hydroxyl groups excluding tert-OH is 1. The molecule has 0 bridgehead atoms. The summed E-state index contributed by atoms with van der Waals surface area (Å²) in [6.45, 7) is 0.193. The lowest BCUT2D eigenvalue weighted by Gasteiger charge is -2.24. The van der Waals surface area contributed by atoms with Gasteiger partial charge < -0.3 is 14.6 Å². The number of hydrogen-bond acceptors (Lipinski definition) is 4. The molecular weight excluding hydrogens is 290 g/mol. The highest BCUT2D eigenvalue weighted by molar-refractivity contribution is 6.30. The van der Waals surface area contributed by atoms with Crippen molar-refractivity contribution in [3.8, 4) is 23.3 Å². The standard InChI is InChI=1S/C16H12ClNO3/c17-11-2-4-13(5-3-11)21-15-6-1-10(8-18)14-7-12(19)9-20-16(14)15/h1-6,12,19H,7,9H2. The van der Waals surface area contributed by atoms with Gasteiger partial charge >= 0.3 is 0 Å². The second kappa shape index (κ2) is 5.65. The molecule has 0 radical (unpaired) electrons. The highest BCUT2D eigenvalue weighted by Gasteiger charge is 2.24. The summed E-state index contributed by atoms with van der Waals surface area (Å²) in [5.74, 6) is 1.67. The van der Waals surface area contributed by atoms with E-state index in [0.29, 0.717) is 39.8 Å². The Morgan fingerprint density at radius 2 is 2.00 bits per heavy atom. The van der Waals surface area contributed by atoms with Gasteiger partial charge in [0.1, 0.15) is 12.4 Å². The largest absolute Gasteiger partial charge is 0.487 e. The summed E-state index contributed by atoms with van der Waals surface area (Å²) in [6.07, 6.45) is -0.217. The van der Waals surface area contributed by atoms with Crippen molar-refractivity contribution in [1.82, 2.24) is 0 Å². The van der Waals surface area contributed by atoms with E-state index in [0.717, 1.165) is 0 Å². The zero-order valence-electron chi connectivity index (χ0n) is 11.0. The van der Waals surface area contributed by atoms with Crippen molar-refractivity contribution >= 4 is 11.6 Å². The molecule has 2 aromatic carbocycles. The highest BCUT2D eigenvalue weighted by Crippen LogP contribution is 2.39. The number of rotatable bonds is 2. The van der Waals surface area contributed by atoms with Crippen molar-refractivity contribution in [3.63, 3.8) is 0 Å². The first-order chi connectivity index (χ1) is 10.2. The monoisotopic (exact) mass is 301 g/mol. The maximum Gasteiger partial charge on any atom is 0.169 e. The number of fused-ring (bicyclic) bond motifs is 1. The van der Waals surface area contributed by atoms with Crippen LogP contribution < -0.4 is 9.47 Å². The van der Waals surface area contributed by atoms with E-state index in [1.807, 2.05) is 0 Å². The summed E-state index contributed by atoms with van der Waals surface area (Å²) in [6, 6.07) is 12.5. The summed E-state index contributed by atoms with van der Waals surface area (Å²) in [5, 5.41) is 19.5. The number of halogens is 1. The van der Waals surface area contributed by atoms with Crippen LogP contribution in [-0.4, -0.2) is 17.8 Å². The lowest BCUT2D eigenvalue weighted by atomic mass is 9.98. The average Bonchev–Trinajstić information content (AvgIpc) is 2.49. The van der Waals surface area contributed by atoms with Crippen molar-refractivity contribution in [3.05, 3.63) is 52.5 Å². The van der Waals surface area contributed by atoms with Crippen LogP contribution in [0.1, 0.15) is 11.1 Å². The normalized spacial score (nSPS) is 16.5. The molecule has 1 aliphatic rings. The Morgan fingerprint density at radius 1 is 1.24 bits per heavy atom. The zero-order chi connectivity index (χ0) is 14.8. The number of ether oxygens (including phenoxy) is 2. The molecule has 106 valence electrons. The minimum Gasteiger partial charge on any atom is -0.487 e. The van der Waals surface area contributed by atoms with E-state index >= 15 is 0 Å². The molecule has 1 N–H and O–H groups in total. The number of hydrogen-bond donors (Lipinski definition) is 1. The minimum atomic E-state index is -0.601. The highest BCUT2D eigenvalue weighted by atomic mass is 35.5. The fourth-order valence-corrected chi connectivity index (χ4v) is 2.38. The van der Waals surface area contributed by atoms with Gasteiger partial charge in [0, 0.05) is 17.0 Å². The second-order valence-corrected chi connectivity index (χ2v) is 5.19. The third kappa shape index (κ3) is 2.80. The summed E-state index contributed by atoms with van der Waals surface area (Å²) in [7, 11) is 0. The Balaban J connectivity index is 1.98. The van der Waals surface area contributed by atoms with Crippen LogP contribution in [0.3, 0.4) is 0 Å². The predicted molar refractivity (Wildman–Crippen MR) is 77.9 cm³/mol. The molecule has 0 aliphatic carbocycles. The summed E-state index contributed by atoms with van der Waals surface area (Å²) in [5.41, 5.74) is 1.18. The van der Waals surface area contributed by atoms with Gasteiger partial charge in [0.25, 0.3) is 0 Å². The van der Waals surface area contributed by atoms with Crippen molar-refractivity contribution < 1.29 is 14.6 Å². The molecule has 2 aromatic rings. The van der Waals surface area contributed by atoms with Gasteiger partial charge in [-0.3, -0.25) is 0 Å².